The van der Waals surface area contributed by atoms with Gasteiger partial charge in [0.15, 0.2) is 0 Å². The molecule has 1 saturated heterocycles. The molecule has 1 aliphatic rings. The van der Waals surface area contributed by atoms with E-state index in [9.17, 15) is 14.4 Å². The zero-order chi connectivity index (χ0) is 26.3. The van der Waals surface area contributed by atoms with Crippen LogP contribution in [-0.2, 0) is 20.7 Å². The summed E-state index contributed by atoms with van der Waals surface area (Å²) in [5, 5.41) is 3.11. The fraction of sp³-hybridized carbons (Fsp3) is 0.423. The Morgan fingerprint density at radius 1 is 1.11 bits per heavy atom. The van der Waals surface area contributed by atoms with Crippen molar-refractivity contribution >= 4 is 35.2 Å². The molecular formula is C26H34ClN5O4. The summed E-state index contributed by atoms with van der Waals surface area (Å²) < 4.78 is 5.65. The quantitative estimate of drug-likeness (QED) is 0.402. The number of primary amides is 1. The number of carbonyl (C=O) groups is 3. The minimum absolute atomic E-state index is 0.0343. The molecule has 2 unspecified atom stereocenters. The van der Waals surface area contributed by atoms with Crippen molar-refractivity contribution in [2.75, 3.05) is 31.6 Å². The average Bonchev–Trinajstić information content (AvgIpc) is 2.88. The van der Waals surface area contributed by atoms with E-state index in [2.05, 4.69) is 5.32 Å². The van der Waals surface area contributed by atoms with Gasteiger partial charge in [-0.2, -0.15) is 0 Å². The lowest BCUT2D eigenvalue weighted by molar-refractivity contribution is -0.136. The summed E-state index contributed by atoms with van der Waals surface area (Å²) in [4.78, 5) is 39.7. The second kappa shape index (κ2) is 12.2. The summed E-state index contributed by atoms with van der Waals surface area (Å²) >= 11 is 6.46. The molecule has 2 aromatic rings. The molecule has 2 aromatic carbocycles. The molecule has 0 saturated carbocycles. The Balaban J connectivity index is 1.83. The lowest BCUT2D eigenvalue weighted by Crippen LogP contribution is -2.54. The first-order chi connectivity index (χ1) is 17.2. The number of aryl methyl sites for hydroxylation is 1. The molecule has 1 heterocycles. The predicted octanol–water partition coefficient (Wildman–Crippen LogP) is 2.61. The van der Waals surface area contributed by atoms with E-state index in [0.717, 1.165) is 12.0 Å². The van der Waals surface area contributed by atoms with Crippen LogP contribution < -0.4 is 22.5 Å². The molecule has 0 spiro atoms. The maximum absolute atomic E-state index is 12.8. The number of hydrogen-bond donors (Lipinski definition) is 4. The number of hydrogen-bond acceptors (Lipinski definition) is 6. The Morgan fingerprint density at radius 3 is 2.31 bits per heavy atom. The highest BCUT2D eigenvalue weighted by atomic mass is 35.5. The lowest BCUT2D eigenvalue weighted by Gasteiger charge is -2.45. The van der Waals surface area contributed by atoms with Crippen molar-refractivity contribution in [2.45, 2.75) is 38.1 Å². The summed E-state index contributed by atoms with van der Waals surface area (Å²) in [6.07, 6.45) is 0.949. The summed E-state index contributed by atoms with van der Waals surface area (Å²) in [6.45, 7) is 2.61. The molecule has 0 aliphatic carbocycles. The third-order valence-corrected chi connectivity index (χ3v) is 7.20. The molecule has 2 atom stereocenters. The van der Waals surface area contributed by atoms with Gasteiger partial charge in [0.2, 0.25) is 11.8 Å². The number of nitrogens with two attached hydrogens (primary N) is 3. The molecule has 0 aromatic heterocycles. The molecule has 0 radical (unpaired) electrons. The summed E-state index contributed by atoms with van der Waals surface area (Å²) in [7, 11) is 0. The summed E-state index contributed by atoms with van der Waals surface area (Å²) in [5.41, 5.74) is 18.7. The zero-order valence-electron chi connectivity index (χ0n) is 20.4. The number of amides is 3. The fourth-order valence-corrected chi connectivity index (χ4v) is 4.95. The fourth-order valence-electron chi connectivity index (χ4n) is 4.71. The normalized spacial score (nSPS) is 16.6. The van der Waals surface area contributed by atoms with Crippen LogP contribution in [0.2, 0.25) is 5.02 Å². The first-order valence-corrected chi connectivity index (χ1v) is 12.4. The molecule has 0 bridgehead atoms. The van der Waals surface area contributed by atoms with Gasteiger partial charge in [0.1, 0.15) is 6.61 Å². The Morgan fingerprint density at radius 2 is 1.75 bits per heavy atom. The van der Waals surface area contributed by atoms with Crippen LogP contribution in [0.3, 0.4) is 0 Å². The molecule has 1 fully saturated rings. The SMILES string of the molecule is CCc1ccc(NC(=O)OCC2(C(C(N)=O)c3ccccc3Cl)CCN(C(=O)C(N)CN)CC2)cc1. The van der Waals surface area contributed by atoms with E-state index in [0.29, 0.717) is 42.2 Å². The van der Waals surface area contributed by atoms with Gasteiger partial charge in [0.25, 0.3) is 0 Å². The minimum atomic E-state index is -0.871. The van der Waals surface area contributed by atoms with Gasteiger partial charge in [-0.25, -0.2) is 4.79 Å². The second-order valence-corrected chi connectivity index (χ2v) is 9.55. The Kier molecular flexibility index (Phi) is 9.31. The van der Waals surface area contributed by atoms with Gasteiger partial charge in [-0.1, -0.05) is 48.9 Å². The van der Waals surface area contributed by atoms with Crippen molar-refractivity contribution in [2.24, 2.45) is 22.6 Å². The smallest absolute Gasteiger partial charge is 0.411 e. The molecule has 9 nitrogen and oxygen atoms in total. The molecule has 10 heteroatoms. The van der Waals surface area contributed by atoms with Crippen LogP contribution in [0.15, 0.2) is 48.5 Å². The van der Waals surface area contributed by atoms with Crippen molar-refractivity contribution in [3.05, 3.63) is 64.7 Å². The Bertz CT molecular complexity index is 1070. The van der Waals surface area contributed by atoms with E-state index >= 15 is 0 Å². The van der Waals surface area contributed by atoms with E-state index in [1.807, 2.05) is 19.1 Å². The molecule has 3 amide bonds. The Labute approximate surface area is 216 Å². The maximum Gasteiger partial charge on any atom is 0.411 e. The number of anilines is 1. The molecule has 7 N–H and O–H groups in total. The predicted molar refractivity (Wildman–Crippen MR) is 139 cm³/mol. The molecular weight excluding hydrogens is 482 g/mol. The maximum atomic E-state index is 12.8. The van der Waals surface area contributed by atoms with Gasteiger partial charge in [-0.3, -0.25) is 14.9 Å². The van der Waals surface area contributed by atoms with Crippen molar-refractivity contribution in [1.29, 1.82) is 0 Å². The first kappa shape index (κ1) is 27.4. The van der Waals surface area contributed by atoms with Crippen molar-refractivity contribution in [3.8, 4) is 0 Å². The molecule has 1 aliphatic heterocycles. The second-order valence-electron chi connectivity index (χ2n) is 9.14. The Hall–Kier alpha value is -3.14. The topological polar surface area (TPSA) is 154 Å². The largest absolute Gasteiger partial charge is 0.449 e. The number of carbonyl (C=O) groups excluding carboxylic acids is 3. The number of piperidine rings is 1. The number of ether oxygens (including phenoxy) is 1. The first-order valence-electron chi connectivity index (χ1n) is 12.0. The zero-order valence-corrected chi connectivity index (χ0v) is 21.2. The van der Waals surface area contributed by atoms with E-state index in [1.54, 1.807) is 41.3 Å². The highest BCUT2D eigenvalue weighted by molar-refractivity contribution is 6.31. The number of likely N-dealkylation sites (tertiary alicyclic amines) is 1. The van der Waals surface area contributed by atoms with Gasteiger partial charge in [0.05, 0.1) is 12.0 Å². The van der Waals surface area contributed by atoms with E-state index < -0.39 is 29.4 Å². The van der Waals surface area contributed by atoms with Crippen LogP contribution in [0.1, 0.15) is 36.8 Å². The van der Waals surface area contributed by atoms with Crippen LogP contribution in [0.4, 0.5) is 10.5 Å². The van der Waals surface area contributed by atoms with Crippen LogP contribution in [0, 0.1) is 5.41 Å². The van der Waals surface area contributed by atoms with Gasteiger partial charge in [-0.05, 0) is 48.6 Å². The van der Waals surface area contributed by atoms with Crippen molar-refractivity contribution in [3.63, 3.8) is 0 Å². The number of nitrogens with zero attached hydrogens (tertiary/aromatic N) is 1. The van der Waals surface area contributed by atoms with Crippen LogP contribution in [0.25, 0.3) is 0 Å². The van der Waals surface area contributed by atoms with Gasteiger partial charge in [-0.15, -0.1) is 0 Å². The lowest BCUT2D eigenvalue weighted by atomic mass is 9.66. The highest BCUT2D eigenvalue weighted by Crippen LogP contribution is 2.46. The molecule has 3 rings (SSSR count). The van der Waals surface area contributed by atoms with E-state index in [1.165, 1.54) is 0 Å². The number of nitrogens with one attached hydrogen (secondary N) is 1. The molecule has 194 valence electrons. The molecule has 36 heavy (non-hydrogen) atoms. The monoisotopic (exact) mass is 515 g/mol. The number of halogens is 1. The highest BCUT2D eigenvalue weighted by Gasteiger charge is 2.47. The third-order valence-electron chi connectivity index (χ3n) is 6.85. The van der Waals surface area contributed by atoms with E-state index in [-0.39, 0.29) is 19.1 Å². The van der Waals surface area contributed by atoms with E-state index in [4.69, 9.17) is 33.5 Å². The van der Waals surface area contributed by atoms with Crippen molar-refractivity contribution in [1.82, 2.24) is 4.90 Å². The average molecular weight is 516 g/mol. The summed E-state index contributed by atoms with van der Waals surface area (Å²) in [6, 6.07) is 13.6. The van der Waals surface area contributed by atoms with Crippen LogP contribution in [-0.4, -0.2) is 55.1 Å². The number of rotatable bonds is 9. The third kappa shape index (κ3) is 6.34. The number of benzene rings is 2. The van der Waals surface area contributed by atoms with Crippen LogP contribution >= 0.6 is 11.6 Å². The van der Waals surface area contributed by atoms with Crippen LogP contribution in [0.5, 0.6) is 0 Å². The standard InChI is InChI=1S/C26H34ClN5O4/c1-2-17-7-9-18(10-8-17)31-25(35)36-16-26(11-13-32(14-12-26)24(34)21(29)15-28)22(23(30)33)19-5-3-4-6-20(19)27/h3-10,21-22H,2,11-16,28-29H2,1H3,(H2,30,33)(H,31,35). The summed E-state index contributed by atoms with van der Waals surface area (Å²) in [5.74, 6) is -1.67. The van der Waals surface area contributed by atoms with Gasteiger partial charge < -0.3 is 26.8 Å². The van der Waals surface area contributed by atoms with Gasteiger partial charge >= 0.3 is 6.09 Å². The van der Waals surface area contributed by atoms with Crippen molar-refractivity contribution < 1.29 is 19.1 Å². The minimum Gasteiger partial charge on any atom is -0.449 e. The van der Waals surface area contributed by atoms with Gasteiger partial charge in [0, 0.05) is 35.8 Å².